The number of carbonyl (C=O) groups excluding carboxylic acids is 2. The second kappa shape index (κ2) is 7.72. The lowest BCUT2D eigenvalue weighted by atomic mass is 9.75. The molecule has 29 heavy (non-hydrogen) atoms. The minimum Gasteiger partial charge on any atom is -0.393 e. The molecule has 0 spiro atoms. The van der Waals surface area contributed by atoms with Gasteiger partial charge in [0.25, 0.3) is 5.91 Å². The molecule has 5 nitrogen and oxygen atoms in total. The Labute approximate surface area is 171 Å². The van der Waals surface area contributed by atoms with Gasteiger partial charge >= 0.3 is 0 Å². The third-order valence-corrected chi connectivity index (χ3v) is 5.77. The second-order valence-corrected chi connectivity index (χ2v) is 7.93. The summed E-state index contributed by atoms with van der Waals surface area (Å²) in [6.07, 6.45) is 0.263. The van der Waals surface area contributed by atoms with Gasteiger partial charge in [0.2, 0.25) is 5.91 Å². The smallest absolute Gasteiger partial charge is 0.250 e. The first kappa shape index (κ1) is 19.8. The number of rotatable bonds is 4. The van der Waals surface area contributed by atoms with E-state index in [-0.39, 0.29) is 35.6 Å². The van der Waals surface area contributed by atoms with E-state index in [0.717, 1.165) is 11.0 Å². The van der Waals surface area contributed by atoms with Crippen LogP contribution in [0, 0.1) is 17.6 Å². The molecule has 1 saturated carbocycles. The summed E-state index contributed by atoms with van der Waals surface area (Å²) < 4.78 is 27.6. The number of nitrogens with zero attached hydrogens (tertiary/aromatic N) is 2. The molecule has 1 aliphatic carbocycles. The Kier molecular flexibility index (Phi) is 5.27. The fourth-order valence-electron chi connectivity index (χ4n) is 3.97. The van der Waals surface area contributed by atoms with Crippen LogP contribution in [0.5, 0.6) is 0 Å². The quantitative estimate of drug-likeness (QED) is 0.826. The maximum atomic E-state index is 14.4. The molecule has 1 aliphatic heterocycles. The number of aliphatic hydroxyl groups is 1. The van der Waals surface area contributed by atoms with Gasteiger partial charge in [-0.15, -0.1) is 0 Å². The molecule has 2 aliphatic rings. The summed E-state index contributed by atoms with van der Waals surface area (Å²) in [5.74, 6) is -2.03. The van der Waals surface area contributed by atoms with Gasteiger partial charge in [-0.25, -0.2) is 8.78 Å². The molecule has 4 rings (SSSR count). The van der Waals surface area contributed by atoms with E-state index in [1.54, 1.807) is 12.1 Å². The molecule has 2 aromatic carbocycles. The summed E-state index contributed by atoms with van der Waals surface area (Å²) in [6.45, 7) is -0.163. The number of amides is 2. The highest BCUT2D eigenvalue weighted by atomic mass is 35.5. The van der Waals surface area contributed by atoms with Crippen LogP contribution in [0.15, 0.2) is 42.5 Å². The first-order chi connectivity index (χ1) is 13.8. The van der Waals surface area contributed by atoms with E-state index in [0.29, 0.717) is 18.4 Å². The molecule has 1 atom stereocenters. The second-order valence-electron chi connectivity index (χ2n) is 7.50. The summed E-state index contributed by atoms with van der Waals surface area (Å²) >= 11 is 5.80. The molecule has 2 aromatic rings. The molecule has 1 heterocycles. The molecule has 2 fully saturated rings. The van der Waals surface area contributed by atoms with E-state index in [2.05, 4.69) is 0 Å². The fourth-order valence-corrected chi connectivity index (χ4v) is 4.13. The van der Waals surface area contributed by atoms with E-state index in [1.807, 2.05) is 0 Å². The molecule has 1 saturated heterocycles. The predicted octanol–water partition coefficient (Wildman–Crippen LogP) is 3.13. The van der Waals surface area contributed by atoms with Crippen molar-refractivity contribution in [3.8, 4) is 0 Å². The zero-order chi connectivity index (χ0) is 20.7. The fraction of sp³-hybridized carbons (Fsp3) is 0.333. The standard InChI is InChI=1S/C21H19ClF2N2O3/c22-14-3-6-18(17(24)9-14)25-11-19(28)26(10-12-1-4-15(23)5-2-12)20(21(25)29)13-7-16(27)8-13/h1-6,9,13,16,20,27H,7-8,10-11H2/t13?,16?,20-/m0/s1. The average Bonchev–Trinajstić information content (AvgIpc) is 2.65. The molecule has 1 N–H and O–H groups in total. The zero-order valence-electron chi connectivity index (χ0n) is 15.4. The van der Waals surface area contributed by atoms with Crippen LogP contribution < -0.4 is 4.90 Å². The molecule has 152 valence electrons. The normalized spacial score (nSPS) is 24.6. The minimum absolute atomic E-state index is 0.000876. The Balaban J connectivity index is 1.65. The van der Waals surface area contributed by atoms with Crippen LogP contribution in [0.2, 0.25) is 5.02 Å². The van der Waals surface area contributed by atoms with Crippen molar-refractivity contribution in [3.05, 3.63) is 64.7 Å². The number of carbonyl (C=O) groups is 2. The van der Waals surface area contributed by atoms with E-state index >= 15 is 0 Å². The van der Waals surface area contributed by atoms with Crippen molar-refractivity contribution < 1.29 is 23.5 Å². The minimum atomic E-state index is -0.820. The SMILES string of the molecule is O=C1[C@H](C2CC(O)C2)N(Cc2ccc(F)cc2)C(=O)CN1c1ccc(Cl)cc1F. The number of aliphatic hydroxyl groups excluding tert-OH is 1. The topological polar surface area (TPSA) is 60.9 Å². The van der Waals surface area contributed by atoms with Gasteiger partial charge < -0.3 is 10.0 Å². The lowest BCUT2D eigenvalue weighted by Crippen LogP contribution is -2.64. The largest absolute Gasteiger partial charge is 0.393 e. The first-order valence-corrected chi connectivity index (χ1v) is 9.69. The highest BCUT2D eigenvalue weighted by Crippen LogP contribution is 2.37. The Bertz CT molecular complexity index is 947. The maximum Gasteiger partial charge on any atom is 0.250 e. The van der Waals surface area contributed by atoms with Crippen LogP contribution in [-0.4, -0.2) is 40.5 Å². The molecule has 8 heteroatoms. The van der Waals surface area contributed by atoms with Gasteiger partial charge in [0.05, 0.1) is 11.8 Å². The molecule has 0 unspecified atom stereocenters. The van der Waals surface area contributed by atoms with Crippen LogP contribution in [-0.2, 0) is 16.1 Å². The van der Waals surface area contributed by atoms with E-state index < -0.39 is 29.7 Å². The number of halogens is 3. The highest BCUT2D eigenvalue weighted by Gasteiger charge is 2.48. The summed E-state index contributed by atoms with van der Waals surface area (Å²) in [7, 11) is 0. The molecular weight excluding hydrogens is 402 g/mol. The van der Waals surface area contributed by atoms with Crippen LogP contribution in [0.4, 0.5) is 14.5 Å². The summed E-state index contributed by atoms with van der Waals surface area (Å²) in [6, 6.07) is 8.83. The van der Waals surface area contributed by atoms with Gasteiger partial charge in [0, 0.05) is 11.6 Å². The molecule has 0 radical (unpaired) electrons. The Morgan fingerprint density at radius 2 is 1.76 bits per heavy atom. The van der Waals surface area contributed by atoms with Crippen molar-refractivity contribution in [1.29, 1.82) is 0 Å². The number of piperazine rings is 1. The Hall–Kier alpha value is -2.51. The maximum absolute atomic E-state index is 14.4. The lowest BCUT2D eigenvalue weighted by Gasteiger charge is -2.47. The van der Waals surface area contributed by atoms with Crippen molar-refractivity contribution in [3.63, 3.8) is 0 Å². The van der Waals surface area contributed by atoms with E-state index in [9.17, 15) is 23.5 Å². The van der Waals surface area contributed by atoms with Crippen LogP contribution in [0.1, 0.15) is 18.4 Å². The van der Waals surface area contributed by atoms with Gasteiger partial charge in [0.15, 0.2) is 0 Å². The van der Waals surface area contributed by atoms with Gasteiger partial charge in [-0.1, -0.05) is 23.7 Å². The van der Waals surface area contributed by atoms with Gasteiger partial charge in [0.1, 0.15) is 24.2 Å². The van der Waals surface area contributed by atoms with Crippen LogP contribution in [0.25, 0.3) is 0 Å². The van der Waals surface area contributed by atoms with Crippen LogP contribution >= 0.6 is 11.6 Å². The third-order valence-electron chi connectivity index (χ3n) is 5.53. The van der Waals surface area contributed by atoms with E-state index in [1.165, 1.54) is 29.2 Å². The molecular formula is C21H19ClF2N2O3. The Morgan fingerprint density at radius 3 is 2.38 bits per heavy atom. The predicted molar refractivity (Wildman–Crippen MR) is 103 cm³/mol. The average molecular weight is 421 g/mol. The van der Waals surface area contributed by atoms with Crippen molar-refractivity contribution >= 4 is 29.1 Å². The third kappa shape index (κ3) is 3.84. The number of anilines is 1. The van der Waals surface area contributed by atoms with Crippen molar-refractivity contribution in [1.82, 2.24) is 4.90 Å². The number of hydrogen-bond donors (Lipinski definition) is 1. The molecule has 0 bridgehead atoms. The van der Waals surface area contributed by atoms with Gasteiger partial charge in [-0.05, 0) is 54.7 Å². The summed E-state index contributed by atoms with van der Waals surface area (Å²) in [4.78, 5) is 28.8. The Morgan fingerprint density at radius 1 is 1.07 bits per heavy atom. The summed E-state index contributed by atoms with van der Waals surface area (Å²) in [5.41, 5.74) is 0.683. The van der Waals surface area contributed by atoms with Crippen LogP contribution in [0.3, 0.4) is 0 Å². The highest BCUT2D eigenvalue weighted by molar-refractivity contribution is 6.30. The number of hydrogen-bond acceptors (Lipinski definition) is 3. The van der Waals surface area contributed by atoms with Gasteiger partial charge in [-0.3, -0.25) is 14.5 Å². The first-order valence-electron chi connectivity index (χ1n) is 9.32. The summed E-state index contributed by atoms with van der Waals surface area (Å²) in [5, 5.41) is 9.91. The number of benzene rings is 2. The van der Waals surface area contributed by atoms with E-state index in [4.69, 9.17) is 11.6 Å². The van der Waals surface area contributed by atoms with Crippen molar-refractivity contribution in [2.45, 2.75) is 31.5 Å². The lowest BCUT2D eigenvalue weighted by molar-refractivity contribution is -0.149. The van der Waals surface area contributed by atoms with Crippen molar-refractivity contribution in [2.24, 2.45) is 5.92 Å². The van der Waals surface area contributed by atoms with Gasteiger partial charge in [-0.2, -0.15) is 0 Å². The zero-order valence-corrected chi connectivity index (χ0v) is 16.1. The molecule has 2 amide bonds. The van der Waals surface area contributed by atoms with Crippen molar-refractivity contribution in [2.75, 3.05) is 11.4 Å². The molecule has 0 aromatic heterocycles. The monoisotopic (exact) mass is 420 g/mol.